The molecule has 1 amide bonds. The Kier molecular flexibility index (Phi) is 4.66. The van der Waals surface area contributed by atoms with Crippen molar-refractivity contribution in [1.29, 1.82) is 0 Å². The van der Waals surface area contributed by atoms with E-state index in [4.69, 9.17) is 0 Å². The second-order valence-corrected chi connectivity index (χ2v) is 7.24. The van der Waals surface area contributed by atoms with Crippen molar-refractivity contribution in [3.05, 3.63) is 64.6 Å². The van der Waals surface area contributed by atoms with Gasteiger partial charge in [0.1, 0.15) is 5.25 Å². The van der Waals surface area contributed by atoms with Gasteiger partial charge < -0.3 is 5.32 Å². The molecule has 0 spiro atoms. The summed E-state index contributed by atoms with van der Waals surface area (Å²) in [6, 6.07) is 18.4. The maximum atomic E-state index is 12.5. The van der Waals surface area contributed by atoms with Crippen LogP contribution in [0.15, 0.2) is 64.0 Å². The molecule has 0 heterocycles. The largest absolute Gasteiger partial charge is 0.352 e. The first-order valence-electron chi connectivity index (χ1n) is 7.00. The topological polar surface area (TPSA) is 29.1 Å². The van der Waals surface area contributed by atoms with Crippen LogP contribution in [0.25, 0.3) is 0 Å². The van der Waals surface area contributed by atoms with Crippen LogP contribution in [0.5, 0.6) is 0 Å². The molecule has 21 heavy (non-hydrogen) atoms. The highest BCUT2D eigenvalue weighted by Gasteiger charge is 2.28. The monoisotopic (exact) mass is 361 g/mol. The van der Waals surface area contributed by atoms with Crippen LogP contribution in [-0.2, 0) is 4.79 Å². The Morgan fingerprint density at radius 2 is 1.76 bits per heavy atom. The van der Waals surface area contributed by atoms with Crippen molar-refractivity contribution < 1.29 is 4.79 Å². The summed E-state index contributed by atoms with van der Waals surface area (Å²) in [6.45, 7) is 0. The van der Waals surface area contributed by atoms with Crippen molar-refractivity contribution in [3.63, 3.8) is 0 Å². The summed E-state index contributed by atoms with van der Waals surface area (Å²) in [5, 5.41) is 2.91. The smallest absolute Gasteiger partial charge is 0.238 e. The molecule has 1 aliphatic rings. The Balaban J connectivity index is 1.80. The second-order valence-electron chi connectivity index (χ2n) is 5.15. The lowest BCUT2D eigenvalue weighted by Gasteiger charge is -2.17. The van der Waals surface area contributed by atoms with Gasteiger partial charge in [-0.2, -0.15) is 0 Å². The van der Waals surface area contributed by atoms with Crippen LogP contribution in [0.2, 0.25) is 0 Å². The van der Waals surface area contributed by atoms with E-state index in [1.54, 1.807) is 11.8 Å². The minimum atomic E-state index is -0.201. The van der Waals surface area contributed by atoms with Gasteiger partial charge in [0.15, 0.2) is 0 Å². The second kappa shape index (κ2) is 6.67. The lowest BCUT2D eigenvalue weighted by molar-refractivity contribution is -0.120. The number of rotatable bonds is 5. The number of thioether (sulfide) groups is 1. The van der Waals surface area contributed by atoms with E-state index in [9.17, 15) is 4.79 Å². The van der Waals surface area contributed by atoms with Crippen molar-refractivity contribution >= 4 is 33.6 Å². The Morgan fingerprint density at radius 3 is 2.38 bits per heavy atom. The van der Waals surface area contributed by atoms with Crippen LogP contribution in [0.1, 0.15) is 23.7 Å². The number of hydrogen-bond donors (Lipinski definition) is 1. The van der Waals surface area contributed by atoms with E-state index in [-0.39, 0.29) is 11.2 Å². The van der Waals surface area contributed by atoms with Gasteiger partial charge in [0.2, 0.25) is 5.91 Å². The average Bonchev–Trinajstić information content (AvgIpc) is 3.31. The third-order valence-corrected chi connectivity index (χ3v) is 5.13. The first kappa shape index (κ1) is 14.7. The highest BCUT2D eigenvalue weighted by molar-refractivity contribution is 9.10. The normalized spacial score (nSPS) is 15.5. The fraction of sp³-hybridized carbons (Fsp3) is 0.235. The van der Waals surface area contributed by atoms with Gasteiger partial charge >= 0.3 is 0 Å². The van der Waals surface area contributed by atoms with Crippen LogP contribution in [0.3, 0.4) is 0 Å². The lowest BCUT2D eigenvalue weighted by Crippen LogP contribution is -2.29. The summed E-state index contributed by atoms with van der Waals surface area (Å²) in [4.78, 5) is 13.6. The Hall–Kier alpha value is -1.26. The van der Waals surface area contributed by atoms with Crippen LogP contribution >= 0.6 is 27.7 Å². The van der Waals surface area contributed by atoms with E-state index in [0.717, 1.165) is 27.8 Å². The van der Waals surface area contributed by atoms with Crippen molar-refractivity contribution in [2.75, 3.05) is 0 Å². The number of halogens is 1. The Labute approximate surface area is 137 Å². The Morgan fingerprint density at radius 1 is 1.10 bits per heavy atom. The fourth-order valence-corrected chi connectivity index (χ4v) is 3.35. The van der Waals surface area contributed by atoms with Crippen molar-refractivity contribution in [2.24, 2.45) is 0 Å². The molecule has 1 atom stereocenters. The number of hydrogen-bond acceptors (Lipinski definition) is 2. The predicted molar refractivity (Wildman–Crippen MR) is 90.3 cm³/mol. The summed E-state index contributed by atoms with van der Waals surface area (Å²) >= 11 is 5.03. The van der Waals surface area contributed by atoms with E-state index in [1.807, 2.05) is 54.6 Å². The SMILES string of the molecule is O=C(NC1CC1)[C@H](Sc1ccc(Br)cc1)c1ccccc1. The molecule has 1 aliphatic carbocycles. The third kappa shape index (κ3) is 4.11. The molecule has 0 aliphatic heterocycles. The molecule has 0 aromatic heterocycles. The molecule has 0 saturated heterocycles. The molecule has 1 fully saturated rings. The number of carbonyl (C=O) groups excluding carboxylic acids is 1. The van der Waals surface area contributed by atoms with Crippen LogP contribution in [0.4, 0.5) is 0 Å². The van der Waals surface area contributed by atoms with Gasteiger partial charge in [-0.05, 0) is 42.7 Å². The van der Waals surface area contributed by atoms with Crippen molar-refractivity contribution in [3.8, 4) is 0 Å². The van der Waals surface area contributed by atoms with Crippen LogP contribution in [-0.4, -0.2) is 11.9 Å². The van der Waals surface area contributed by atoms with Crippen LogP contribution in [0, 0.1) is 0 Å². The standard InChI is InChI=1S/C17H16BrNOS/c18-13-6-10-15(11-7-13)21-16(12-4-2-1-3-5-12)17(20)19-14-8-9-14/h1-7,10-11,14,16H,8-9H2,(H,19,20)/t16-/m1/s1. The summed E-state index contributed by atoms with van der Waals surface area (Å²) in [5.74, 6) is 0.108. The number of carbonyl (C=O) groups is 1. The quantitative estimate of drug-likeness (QED) is 0.790. The molecule has 1 N–H and O–H groups in total. The van der Waals surface area contributed by atoms with Gasteiger partial charge in [0.05, 0.1) is 0 Å². The molecule has 2 aromatic carbocycles. The highest BCUT2D eigenvalue weighted by atomic mass is 79.9. The summed E-state index contributed by atoms with van der Waals surface area (Å²) in [7, 11) is 0. The molecular formula is C17H16BrNOS. The predicted octanol–water partition coefficient (Wildman–Crippen LogP) is 4.56. The zero-order chi connectivity index (χ0) is 14.7. The summed E-state index contributed by atoms with van der Waals surface area (Å²) in [5.41, 5.74) is 1.04. The molecule has 4 heteroatoms. The molecule has 1 saturated carbocycles. The van der Waals surface area contributed by atoms with Gasteiger partial charge in [-0.15, -0.1) is 11.8 Å². The molecule has 2 nitrogen and oxygen atoms in total. The maximum absolute atomic E-state index is 12.5. The highest BCUT2D eigenvalue weighted by Crippen LogP contribution is 2.36. The van der Waals surface area contributed by atoms with E-state index in [0.29, 0.717) is 6.04 Å². The number of amides is 1. The lowest BCUT2D eigenvalue weighted by atomic mass is 10.1. The minimum absolute atomic E-state index is 0.108. The molecule has 108 valence electrons. The molecule has 0 radical (unpaired) electrons. The van der Waals surface area contributed by atoms with E-state index >= 15 is 0 Å². The minimum Gasteiger partial charge on any atom is -0.352 e. The average molecular weight is 362 g/mol. The van der Waals surface area contributed by atoms with Gasteiger partial charge in [-0.1, -0.05) is 46.3 Å². The fourth-order valence-electron chi connectivity index (χ4n) is 2.05. The first-order chi connectivity index (χ1) is 10.2. The maximum Gasteiger partial charge on any atom is 0.238 e. The molecule has 0 bridgehead atoms. The van der Waals surface area contributed by atoms with Gasteiger partial charge in [0, 0.05) is 15.4 Å². The zero-order valence-corrected chi connectivity index (χ0v) is 13.9. The Bertz CT molecular complexity index is 610. The third-order valence-electron chi connectivity index (χ3n) is 3.33. The van der Waals surface area contributed by atoms with Gasteiger partial charge in [-0.3, -0.25) is 4.79 Å². The molecular weight excluding hydrogens is 346 g/mol. The van der Waals surface area contributed by atoms with Crippen LogP contribution < -0.4 is 5.32 Å². The van der Waals surface area contributed by atoms with Crippen molar-refractivity contribution in [2.45, 2.75) is 29.0 Å². The van der Waals surface area contributed by atoms with Gasteiger partial charge in [0.25, 0.3) is 0 Å². The molecule has 0 unspecified atom stereocenters. The summed E-state index contributed by atoms with van der Waals surface area (Å²) < 4.78 is 1.05. The summed E-state index contributed by atoms with van der Waals surface area (Å²) in [6.07, 6.45) is 2.21. The number of nitrogens with one attached hydrogen (secondary N) is 1. The molecule has 3 rings (SSSR count). The van der Waals surface area contributed by atoms with Gasteiger partial charge in [-0.25, -0.2) is 0 Å². The van der Waals surface area contributed by atoms with Crippen molar-refractivity contribution in [1.82, 2.24) is 5.32 Å². The molecule has 2 aromatic rings. The van der Waals surface area contributed by atoms with E-state index < -0.39 is 0 Å². The number of benzene rings is 2. The first-order valence-corrected chi connectivity index (χ1v) is 8.67. The zero-order valence-electron chi connectivity index (χ0n) is 11.5. The van der Waals surface area contributed by atoms with E-state index in [2.05, 4.69) is 21.2 Å². The van der Waals surface area contributed by atoms with E-state index in [1.165, 1.54) is 0 Å².